The molecule has 0 saturated carbocycles. The number of hydrogen-bond donors (Lipinski definition) is 0. The molecule has 0 bridgehead atoms. The first-order chi connectivity index (χ1) is 17.9. The van der Waals surface area contributed by atoms with Gasteiger partial charge in [-0.05, 0) is 41.6 Å². The van der Waals surface area contributed by atoms with Gasteiger partial charge in [-0.15, -0.1) is 11.8 Å². The fraction of sp³-hybridized carbons (Fsp3) is 0.500. The number of amides is 1. The summed E-state index contributed by atoms with van der Waals surface area (Å²) in [5.74, 6) is 0.568. The highest BCUT2D eigenvalue weighted by Crippen LogP contribution is 2.36. The van der Waals surface area contributed by atoms with Crippen molar-refractivity contribution in [3.05, 3.63) is 70.8 Å². The van der Waals surface area contributed by atoms with Gasteiger partial charge in [0, 0.05) is 32.5 Å². The molecule has 38 heavy (non-hydrogen) atoms. The first kappa shape index (κ1) is 28.6. The third-order valence-corrected chi connectivity index (χ3v) is 7.41. The summed E-state index contributed by atoms with van der Waals surface area (Å²) in [5, 5.41) is 0. The van der Waals surface area contributed by atoms with Crippen LogP contribution in [0.2, 0.25) is 0 Å². The lowest BCUT2D eigenvalue weighted by molar-refractivity contribution is -0.138. The molecular formula is C26H28F6N2O3S. The topological polar surface area (TPSA) is 42.0 Å². The Balaban J connectivity index is 1.42. The van der Waals surface area contributed by atoms with Gasteiger partial charge in [0.2, 0.25) is 0 Å². The number of hydrogen-bond acceptors (Lipinski definition) is 5. The van der Waals surface area contributed by atoms with E-state index in [-0.39, 0.29) is 18.3 Å². The molecule has 2 aromatic carbocycles. The highest BCUT2D eigenvalue weighted by Gasteiger charge is 2.46. The van der Waals surface area contributed by atoms with Gasteiger partial charge in [0.1, 0.15) is 11.7 Å². The third kappa shape index (κ3) is 6.76. The second-order valence-electron chi connectivity index (χ2n) is 9.50. The normalized spacial score (nSPS) is 19.1. The molecular weight excluding hydrogens is 534 g/mol. The van der Waals surface area contributed by atoms with E-state index in [1.165, 1.54) is 24.3 Å². The zero-order valence-corrected chi connectivity index (χ0v) is 21.5. The number of nitrogens with zero attached hydrogens (tertiary/aromatic N) is 2. The molecule has 1 atom stereocenters. The second kappa shape index (κ2) is 11.4. The summed E-state index contributed by atoms with van der Waals surface area (Å²) in [6.07, 6.45) is -7.17. The summed E-state index contributed by atoms with van der Waals surface area (Å²) in [7, 11) is 0. The van der Waals surface area contributed by atoms with Crippen molar-refractivity contribution in [2.45, 2.75) is 36.9 Å². The molecule has 5 nitrogen and oxygen atoms in total. The summed E-state index contributed by atoms with van der Waals surface area (Å²) >= 11 is 1.54. The Bertz CT molecular complexity index is 1100. The molecule has 0 radical (unpaired) electrons. The first-order valence-electron chi connectivity index (χ1n) is 12.1. The van der Waals surface area contributed by atoms with Gasteiger partial charge in [0.05, 0.1) is 30.2 Å². The molecule has 2 aliphatic heterocycles. The van der Waals surface area contributed by atoms with E-state index in [0.717, 1.165) is 24.3 Å². The van der Waals surface area contributed by atoms with Crippen LogP contribution in [0, 0.1) is 0 Å². The Labute approximate surface area is 221 Å². The number of benzene rings is 2. The van der Waals surface area contributed by atoms with Crippen LogP contribution in [0.25, 0.3) is 0 Å². The maximum Gasteiger partial charge on any atom is 0.416 e. The number of likely N-dealkylation sites (tertiary alicyclic amines) is 1. The smallest absolute Gasteiger partial charge is 0.416 e. The van der Waals surface area contributed by atoms with E-state index >= 15 is 0 Å². The Hall–Kier alpha value is -2.44. The Kier molecular flexibility index (Phi) is 8.53. The molecule has 2 heterocycles. The minimum absolute atomic E-state index is 0.146. The number of piperidine rings is 1. The molecule has 4 rings (SSSR count). The Morgan fingerprint density at radius 3 is 2.24 bits per heavy atom. The average molecular weight is 563 g/mol. The minimum Gasteiger partial charge on any atom is -0.441 e. The Morgan fingerprint density at radius 2 is 1.63 bits per heavy atom. The van der Waals surface area contributed by atoms with Crippen molar-refractivity contribution >= 4 is 17.9 Å². The lowest BCUT2D eigenvalue weighted by Gasteiger charge is -2.37. The van der Waals surface area contributed by atoms with E-state index < -0.39 is 35.2 Å². The van der Waals surface area contributed by atoms with Crippen molar-refractivity contribution < 1.29 is 40.6 Å². The maximum atomic E-state index is 13.3. The van der Waals surface area contributed by atoms with Crippen LogP contribution in [0.5, 0.6) is 0 Å². The molecule has 1 spiro atoms. The van der Waals surface area contributed by atoms with Crippen molar-refractivity contribution in [3.8, 4) is 0 Å². The molecule has 0 aromatic heterocycles. The van der Waals surface area contributed by atoms with E-state index in [2.05, 4.69) is 4.90 Å². The van der Waals surface area contributed by atoms with Crippen LogP contribution < -0.4 is 0 Å². The van der Waals surface area contributed by atoms with E-state index in [1.807, 2.05) is 6.26 Å². The predicted octanol–water partition coefficient (Wildman–Crippen LogP) is 6.44. The van der Waals surface area contributed by atoms with Crippen molar-refractivity contribution in [2.75, 3.05) is 44.9 Å². The monoisotopic (exact) mass is 562 g/mol. The lowest BCUT2D eigenvalue weighted by atomic mass is 9.91. The van der Waals surface area contributed by atoms with Crippen molar-refractivity contribution in [1.82, 2.24) is 9.80 Å². The molecule has 1 unspecified atom stereocenters. The summed E-state index contributed by atoms with van der Waals surface area (Å²) in [6, 6.07) is 8.87. The van der Waals surface area contributed by atoms with Crippen LogP contribution in [0.1, 0.15) is 41.2 Å². The largest absolute Gasteiger partial charge is 0.441 e. The fourth-order valence-corrected chi connectivity index (χ4v) is 5.31. The summed E-state index contributed by atoms with van der Waals surface area (Å²) in [6.45, 7) is 2.46. The van der Waals surface area contributed by atoms with Gasteiger partial charge in [-0.3, -0.25) is 4.90 Å². The van der Waals surface area contributed by atoms with Crippen molar-refractivity contribution in [2.24, 2.45) is 0 Å². The van der Waals surface area contributed by atoms with Crippen LogP contribution in [0.3, 0.4) is 0 Å². The van der Waals surface area contributed by atoms with Gasteiger partial charge >= 0.3 is 18.4 Å². The molecule has 2 fully saturated rings. The fourth-order valence-electron chi connectivity index (χ4n) is 4.80. The van der Waals surface area contributed by atoms with Crippen LogP contribution in [-0.2, 0) is 21.8 Å². The molecule has 2 aromatic rings. The Morgan fingerprint density at radius 1 is 0.974 bits per heavy atom. The van der Waals surface area contributed by atoms with Gasteiger partial charge in [-0.2, -0.15) is 26.3 Å². The number of rotatable bonds is 8. The molecule has 2 saturated heterocycles. The number of alkyl halides is 6. The molecule has 12 heteroatoms. The van der Waals surface area contributed by atoms with Crippen LogP contribution >= 0.6 is 11.8 Å². The quantitative estimate of drug-likeness (QED) is 0.347. The minimum atomic E-state index is -4.57. The highest BCUT2D eigenvalue weighted by molar-refractivity contribution is 7.98. The van der Waals surface area contributed by atoms with Gasteiger partial charge in [-0.1, -0.05) is 24.3 Å². The van der Waals surface area contributed by atoms with Crippen LogP contribution in [0.15, 0.2) is 48.5 Å². The number of thioether (sulfide) groups is 1. The molecule has 1 amide bonds. The van der Waals surface area contributed by atoms with E-state index in [9.17, 15) is 31.1 Å². The SMILES string of the molecule is CSCN1CC2(CCN(CCOC(c3ccc(C(F)(F)F)cc3)c3cccc(C(F)(F)F)c3)CC2)OC1=O. The zero-order valence-electron chi connectivity index (χ0n) is 20.6. The van der Waals surface area contributed by atoms with E-state index in [0.29, 0.717) is 50.5 Å². The molecule has 0 aliphatic carbocycles. The van der Waals surface area contributed by atoms with Crippen LogP contribution in [-0.4, -0.2) is 66.4 Å². The molecule has 0 N–H and O–H groups in total. The zero-order chi connectivity index (χ0) is 27.6. The van der Waals surface area contributed by atoms with Gasteiger partial charge < -0.3 is 14.4 Å². The molecule has 208 valence electrons. The van der Waals surface area contributed by atoms with Crippen molar-refractivity contribution in [1.29, 1.82) is 0 Å². The van der Waals surface area contributed by atoms with Gasteiger partial charge in [0.25, 0.3) is 0 Å². The highest BCUT2D eigenvalue weighted by atomic mass is 32.2. The van der Waals surface area contributed by atoms with Crippen LogP contribution in [0.4, 0.5) is 31.1 Å². The first-order valence-corrected chi connectivity index (χ1v) is 13.4. The summed E-state index contributed by atoms with van der Waals surface area (Å²) < 4.78 is 90.8. The third-order valence-electron chi connectivity index (χ3n) is 6.84. The maximum absolute atomic E-state index is 13.3. The molecule has 2 aliphatic rings. The summed E-state index contributed by atoms with van der Waals surface area (Å²) in [5.41, 5.74) is -1.70. The van der Waals surface area contributed by atoms with Gasteiger partial charge in [-0.25, -0.2) is 4.79 Å². The second-order valence-corrected chi connectivity index (χ2v) is 10.3. The lowest BCUT2D eigenvalue weighted by Crippen LogP contribution is -2.47. The number of carbonyl (C=O) groups excluding carboxylic acids is 1. The predicted molar refractivity (Wildman–Crippen MR) is 131 cm³/mol. The summed E-state index contributed by atoms with van der Waals surface area (Å²) in [4.78, 5) is 15.9. The number of halogens is 6. The van der Waals surface area contributed by atoms with E-state index in [1.54, 1.807) is 16.7 Å². The van der Waals surface area contributed by atoms with Gasteiger partial charge in [0.15, 0.2) is 0 Å². The number of carbonyl (C=O) groups is 1. The van der Waals surface area contributed by atoms with Crippen molar-refractivity contribution in [3.63, 3.8) is 0 Å². The number of ether oxygens (including phenoxy) is 2. The average Bonchev–Trinajstić information content (AvgIpc) is 3.16. The standard InChI is InChI=1S/C26H28F6N2O3S/c1-38-17-34-16-24(37-23(34)35)9-11-33(12-10-24)13-14-36-22(18-5-7-20(8-6-18)25(27,28)29)19-3-2-4-21(15-19)26(30,31)32/h2-8,15,22H,9-14,16-17H2,1H3. The van der Waals surface area contributed by atoms with E-state index in [4.69, 9.17) is 9.47 Å².